The fraction of sp³-hybridized carbons (Fsp3) is 0.133. The van der Waals surface area contributed by atoms with Crippen LogP contribution in [0, 0.1) is 17.0 Å². The van der Waals surface area contributed by atoms with Crippen molar-refractivity contribution >= 4 is 11.7 Å². The number of nitro benzene ring substituents is 1. The largest absolute Gasteiger partial charge is 0.457 e. The lowest BCUT2D eigenvalue weighted by molar-refractivity contribution is -0.384. The van der Waals surface area contributed by atoms with E-state index in [2.05, 4.69) is 0 Å². The highest BCUT2D eigenvalue weighted by molar-refractivity contribution is 5.89. The van der Waals surface area contributed by atoms with Crippen molar-refractivity contribution in [3.8, 4) is 0 Å². The second-order valence-corrected chi connectivity index (χ2v) is 4.37. The number of benzene rings is 2. The molecule has 2 aromatic rings. The van der Waals surface area contributed by atoms with Crippen molar-refractivity contribution in [2.75, 3.05) is 0 Å². The summed E-state index contributed by atoms with van der Waals surface area (Å²) in [5, 5.41) is 10.5. The first kappa shape index (κ1) is 13.7. The Hall–Kier alpha value is -2.69. The van der Waals surface area contributed by atoms with Gasteiger partial charge < -0.3 is 4.74 Å². The van der Waals surface area contributed by atoms with E-state index in [0.29, 0.717) is 11.1 Å². The van der Waals surface area contributed by atoms with E-state index in [9.17, 15) is 14.9 Å². The Balaban J connectivity index is 1.96. The summed E-state index contributed by atoms with van der Waals surface area (Å²) in [5.74, 6) is -0.414. The van der Waals surface area contributed by atoms with Gasteiger partial charge in [0.2, 0.25) is 0 Å². The second kappa shape index (κ2) is 5.97. The standard InChI is InChI=1S/C15H13NO4/c1-11-2-6-13(7-3-11)15(17)20-10-12-4-8-14(9-5-12)16(18)19/h2-9H,10H2,1H3. The van der Waals surface area contributed by atoms with Crippen LogP contribution in [-0.2, 0) is 11.3 Å². The third-order valence-corrected chi connectivity index (χ3v) is 2.80. The Bertz CT molecular complexity index is 617. The van der Waals surface area contributed by atoms with Gasteiger partial charge in [-0.05, 0) is 36.8 Å². The summed E-state index contributed by atoms with van der Waals surface area (Å²) < 4.78 is 5.15. The van der Waals surface area contributed by atoms with E-state index in [0.717, 1.165) is 5.56 Å². The van der Waals surface area contributed by atoms with Crippen molar-refractivity contribution in [2.45, 2.75) is 13.5 Å². The molecule has 0 aliphatic heterocycles. The maximum Gasteiger partial charge on any atom is 0.338 e. The van der Waals surface area contributed by atoms with Crippen LogP contribution in [0.3, 0.4) is 0 Å². The minimum absolute atomic E-state index is 0.0126. The number of non-ortho nitro benzene ring substituents is 1. The van der Waals surface area contributed by atoms with E-state index in [1.165, 1.54) is 12.1 Å². The zero-order valence-corrected chi connectivity index (χ0v) is 10.9. The number of nitrogens with zero attached hydrogens (tertiary/aromatic N) is 1. The Morgan fingerprint density at radius 3 is 2.25 bits per heavy atom. The monoisotopic (exact) mass is 271 g/mol. The Morgan fingerprint density at radius 1 is 1.10 bits per heavy atom. The van der Waals surface area contributed by atoms with Crippen molar-refractivity contribution in [1.82, 2.24) is 0 Å². The predicted molar refractivity (Wildman–Crippen MR) is 73.4 cm³/mol. The number of nitro groups is 1. The summed E-state index contributed by atoms with van der Waals surface area (Å²) in [5.41, 5.74) is 2.27. The highest BCUT2D eigenvalue weighted by atomic mass is 16.6. The highest BCUT2D eigenvalue weighted by Gasteiger charge is 2.08. The van der Waals surface area contributed by atoms with Crippen LogP contribution in [-0.4, -0.2) is 10.9 Å². The number of carbonyl (C=O) groups excluding carboxylic acids is 1. The number of hydrogen-bond acceptors (Lipinski definition) is 4. The summed E-state index contributed by atoms with van der Waals surface area (Å²) in [7, 11) is 0. The molecule has 0 N–H and O–H groups in total. The first-order valence-corrected chi connectivity index (χ1v) is 6.03. The molecule has 20 heavy (non-hydrogen) atoms. The van der Waals surface area contributed by atoms with Gasteiger partial charge in [0.1, 0.15) is 6.61 Å². The maximum atomic E-state index is 11.8. The lowest BCUT2D eigenvalue weighted by Crippen LogP contribution is -2.05. The van der Waals surface area contributed by atoms with Gasteiger partial charge in [-0.25, -0.2) is 4.79 Å². The van der Waals surface area contributed by atoms with Crippen molar-refractivity contribution in [3.05, 3.63) is 75.3 Å². The Morgan fingerprint density at radius 2 is 1.70 bits per heavy atom. The number of carbonyl (C=O) groups is 1. The minimum atomic E-state index is -0.470. The molecule has 0 atom stereocenters. The van der Waals surface area contributed by atoms with Crippen LogP contribution in [0.25, 0.3) is 0 Å². The van der Waals surface area contributed by atoms with Gasteiger partial charge in [-0.2, -0.15) is 0 Å². The second-order valence-electron chi connectivity index (χ2n) is 4.37. The average molecular weight is 271 g/mol. The third-order valence-electron chi connectivity index (χ3n) is 2.80. The van der Waals surface area contributed by atoms with Crippen LogP contribution >= 0.6 is 0 Å². The smallest absolute Gasteiger partial charge is 0.338 e. The van der Waals surface area contributed by atoms with E-state index >= 15 is 0 Å². The third kappa shape index (κ3) is 3.41. The molecule has 0 spiro atoms. The molecule has 2 aromatic carbocycles. The summed E-state index contributed by atoms with van der Waals surface area (Å²) >= 11 is 0. The Kier molecular flexibility index (Phi) is 4.10. The van der Waals surface area contributed by atoms with Gasteiger partial charge in [-0.15, -0.1) is 0 Å². The highest BCUT2D eigenvalue weighted by Crippen LogP contribution is 2.13. The topological polar surface area (TPSA) is 69.4 Å². The molecule has 0 heterocycles. The number of ether oxygens (including phenoxy) is 1. The van der Waals surface area contributed by atoms with Gasteiger partial charge in [-0.3, -0.25) is 10.1 Å². The van der Waals surface area contributed by atoms with E-state index in [4.69, 9.17) is 4.74 Å². The number of hydrogen-bond donors (Lipinski definition) is 0. The molecule has 0 bridgehead atoms. The van der Waals surface area contributed by atoms with Crippen LogP contribution in [0.2, 0.25) is 0 Å². The lowest BCUT2D eigenvalue weighted by Gasteiger charge is -2.05. The maximum absolute atomic E-state index is 11.8. The van der Waals surface area contributed by atoms with Crippen LogP contribution in [0.15, 0.2) is 48.5 Å². The molecular weight excluding hydrogens is 258 g/mol. The van der Waals surface area contributed by atoms with Gasteiger partial charge in [0.05, 0.1) is 10.5 Å². The van der Waals surface area contributed by atoms with Gasteiger partial charge >= 0.3 is 5.97 Å². The molecule has 5 nitrogen and oxygen atoms in total. The van der Waals surface area contributed by atoms with Crippen molar-refractivity contribution in [3.63, 3.8) is 0 Å². The van der Waals surface area contributed by atoms with Gasteiger partial charge in [-0.1, -0.05) is 17.7 Å². The number of aryl methyl sites for hydroxylation is 1. The summed E-state index contributed by atoms with van der Waals surface area (Å²) in [6.45, 7) is 2.02. The first-order chi connectivity index (χ1) is 9.56. The van der Waals surface area contributed by atoms with Gasteiger partial charge in [0.15, 0.2) is 0 Å². The molecule has 0 amide bonds. The summed E-state index contributed by atoms with van der Waals surface area (Å²) in [6, 6.07) is 13.0. The fourth-order valence-electron chi connectivity index (χ4n) is 1.64. The van der Waals surface area contributed by atoms with Crippen molar-refractivity contribution in [1.29, 1.82) is 0 Å². The van der Waals surface area contributed by atoms with Crippen LogP contribution in [0.5, 0.6) is 0 Å². The zero-order valence-electron chi connectivity index (χ0n) is 10.9. The average Bonchev–Trinajstić information content (AvgIpc) is 2.46. The van der Waals surface area contributed by atoms with Crippen LogP contribution in [0.1, 0.15) is 21.5 Å². The summed E-state index contributed by atoms with van der Waals surface area (Å²) in [4.78, 5) is 21.8. The zero-order chi connectivity index (χ0) is 14.5. The number of esters is 1. The van der Waals surface area contributed by atoms with E-state index < -0.39 is 10.9 Å². The fourth-order valence-corrected chi connectivity index (χ4v) is 1.64. The molecule has 0 saturated heterocycles. The Labute approximate surface area is 116 Å². The SMILES string of the molecule is Cc1ccc(C(=O)OCc2ccc([N+](=O)[O-])cc2)cc1. The first-order valence-electron chi connectivity index (χ1n) is 6.03. The molecule has 0 saturated carbocycles. The van der Waals surface area contributed by atoms with Crippen LogP contribution < -0.4 is 0 Å². The van der Waals surface area contributed by atoms with Gasteiger partial charge in [0.25, 0.3) is 5.69 Å². The van der Waals surface area contributed by atoms with E-state index in [1.807, 2.05) is 19.1 Å². The normalized spacial score (nSPS) is 10.1. The van der Waals surface area contributed by atoms with Crippen molar-refractivity contribution < 1.29 is 14.5 Å². The quantitative estimate of drug-likeness (QED) is 0.486. The molecule has 0 fully saturated rings. The lowest BCUT2D eigenvalue weighted by atomic mass is 10.1. The molecule has 5 heteroatoms. The molecule has 102 valence electrons. The number of rotatable bonds is 4. The molecule has 0 radical (unpaired) electrons. The minimum Gasteiger partial charge on any atom is -0.457 e. The summed E-state index contributed by atoms with van der Waals surface area (Å²) in [6.07, 6.45) is 0. The van der Waals surface area contributed by atoms with Crippen molar-refractivity contribution in [2.24, 2.45) is 0 Å². The molecule has 0 aliphatic rings. The van der Waals surface area contributed by atoms with Gasteiger partial charge in [0, 0.05) is 12.1 Å². The van der Waals surface area contributed by atoms with E-state index in [-0.39, 0.29) is 12.3 Å². The van der Waals surface area contributed by atoms with E-state index in [1.54, 1.807) is 24.3 Å². The molecule has 0 aliphatic carbocycles. The molecule has 2 rings (SSSR count). The molecular formula is C15H13NO4. The molecule has 0 unspecified atom stereocenters. The predicted octanol–water partition coefficient (Wildman–Crippen LogP) is 3.26. The molecule has 0 aromatic heterocycles. The van der Waals surface area contributed by atoms with Crippen LogP contribution in [0.4, 0.5) is 5.69 Å².